The second-order valence-electron chi connectivity index (χ2n) is 6.34. The van der Waals surface area contributed by atoms with Crippen molar-refractivity contribution in [3.05, 3.63) is 45.6 Å². The molecule has 7 nitrogen and oxygen atoms in total. The summed E-state index contributed by atoms with van der Waals surface area (Å²) >= 11 is 1.32. The lowest BCUT2D eigenvalue weighted by molar-refractivity contribution is -0.136. The van der Waals surface area contributed by atoms with Gasteiger partial charge in [0.1, 0.15) is 0 Å². The van der Waals surface area contributed by atoms with E-state index in [1.54, 1.807) is 27.2 Å². The van der Waals surface area contributed by atoms with Gasteiger partial charge in [0.05, 0.1) is 43.5 Å². The first-order chi connectivity index (χ1) is 13.3. The maximum absolute atomic E-state index is 12.6. The fourth-order valence-electron chi connectivity index (χ4n) is 3.41. The molecule has 0 N–H and O–H groups in total. The molecular weight excluding hydrogens is 380 g/mol. The average molecular weight is 402 g/mol. The van der Waals surface area contributed by atoms with E-state index in [0.29, 0.717) is 32.8 Å². The molecule has 0 bridgehead atoms. The van der Waals surface area contributed by atoms with Gasteiger partial charge in [-0.25, -0.2) is 9.79 Å². The Hall–Kier alpha value is -2.74. The lowest BCUT2D eigenvalue weighted by Crippen LogP contribution is -2.36. The van der Waals surface area contributed by atoms with Gasteiger partial charge in [0, 0.05) is 5.70 Å². The highest BCUT2D eigenvalue weighted by Crippen LogP contribution is 2.48. The lowest BCUT2D eigenvalue weighted by atomic mass is 9.93. The van der Waals surface area contributed by atoms with Crippen molar-refractivity contribution in [2.45, 2.75) is 26.8 Å². The molecule has 2 aliphatic rings. The number of Topliss-reactive ketones (excluding diaryl/α,β-unsaturated/α-hetero) is 1. The molecule has 1 aromatic carbocycles. The fraction of sp³-hybridized carbons (Fsp3) is 0.350. The van der Waals surface area contributed by atoms with Crippen molar-refractivity contribution in [3.63, 3.8) is 0 Å². The Kier molecular flexibility index (Phi) is 5.51. The van der Waals surface area contributed by atoms with Crippen LogP contribution in [0.3, 0.4) is 0 Å². The van der Waals surface area contributed by atoms with Crippen molar-refractivity contribution in [3.8, 4) is 11.5 Å². The zero-order valence-electron chi connectivity index (χ0n) is 16.7. The normalized spacial score (nSPS) is 18.7. The fourth-order valence-corrected chi connectivity index (χ4v) is 4.51. The Morgan fingerprint density at radius 2 is 1.79 bits per heavy atom. The van der Waals surface area contributed by atoms with Crippen molar-refractivity contribution < 1.29 is 23.8 Å². The van der Waals surface area contributed by atoms with Crippen molar-refractivity contribution in [1.29, 1.82) is 0 Å². The van der Waals surface area contributed by atoms with E-state index < -0.39 is 12.0 Å². The molecule has 0 amide bonds. The standard InChI is InChI=1S/C20H22N2O5S/c1-10-16(19(24)27-6)17(13-7-8-14(25-4)15(9-13)26-5)22-11(2)18(12(3)23)28-20(22)21-10/h7-9,17H,1-6H3/t17-/m1/s1. The Morgan fingerprint density at radius 1 is 1.11 bits per heavy atom. The summed E-state index contributed by atoms with van der Waals surface area (Å²) in [5, 5.41) is 0.660. The van der Waals surface area contributed by atoms with E-state index >= 15 is 0 Å². The van der Waals surface area contributed by atoms with E-state index in [2.05, 4.69) is 4.99 Å². The number of ether oxygens (including phenoxy) is 3. The molecule has 0 spiro atoms. The summed E-state index contributed by atoms with van der Waals surface area (Å²) in [6.45, 7) is 5.15. The Labute approximate surface area is 168 Å². The van der Waals surface area contributed by atoms with Crippen molar-refractivity contribution in [1.82, 2.24) is 4.90 Å². The van der Waals surface area contributed by atoms with Crippen LogP contribution in [0.15, 0.2) is 45.1 Å². The zero-order chi connectivity index (χ0) is 20.6. The van der Waals surface area contributed by atoms with Crippen LogP contribution in [-0.2, 0) is 14.3 Å². The number of thioether (sulfide) groups is 1. The van der Waals surface area contributed by atoms with E-state index in [0.717, 1.165) is 11.3 Å². The van der Waals surface area contributed by atoms with Gasteiger partial charge in [0.15, 0.2) is 22.4 Å². The van der Waals surface area contributed by atoms with Gasteiger partial charge in [0.25, 0.3) is 0 Å². The summed E-state index contributed by atoms with van der Waals surface area (Å²) in [5.41, 5.74) is 2.53. The van der Waals surface area contributed by atoms with Gasteiger partial charge in [-0.3, -0.25) is 4.79 Å². The minimum absolute atomic E-state index is 0.0390. The lowest BCUT2D eigenvalue weighted by Gasteiger charge is -2.35. The van der Waals surface area contributed by atoms with Gasteiger partial charge in [-0.05, 0) is 50.2 Å². The number of ketones is 1. The predicted octanol–water partition coefficient (Wildman–Crippen LogP) is 3.43. The smallest absolute Gasteiger partial charge is 0.338 e. The van der Waals surface area contributed by atoms with Crippen LogP contribution >= 0.6 is 11.8 Å². The number of hydrogen-bond acceptors (Lipinski definition) is 8. The van der Waals surface area contributed by atoms with E-state index in [1.807, 2.05) is 24.0 Å². The number of carbonyl (C=O) groups excluding carboxylic acids is 2. The molecule has 0 saturated heterocycles. The van der Waals surface area contributed by atoms with Gasteiger partial charge in [0.2, 0.25) is 0 Å². The van der Waals surface area contributed by atoms with Crippen LogP contribution in [0, 0.1) is 0 Å². The minimum Gasteiger partial charge on any atom is -0.493 e. The Balaban J connectivity index is 2.22. The van der Waals surface area contributed by atoms with Crippen LogP contribution in [0.4, 0.5) is 0 Å². The molecule has 0 unspecified atom stereocenters. The molecular formula is C20H22N2O5S. The number of allylic oxidation sites excluding steroid dienone is 3. The third-order valence-electron chi connectivity index (χ3n) is 4.72. The van der Waals surface area contributed by atoms with E-state index in [1.165, 1.54) is 25.8 Å². The highest BCUT2D eigenvalue weighted by Gasteiger charge is 2.42. The zero-order valence-corrected chi connectivity index (χ0v) is 17.5. The molecule has 148 valence electrons. The largest absolute Gasteiger partial charge is 0.493 e. The van der Waals surface area contributed by atoms with Gasteiger partial charge in [-0.15, -0.1) is 0 Å². The number of nitrogens with zero attached hydrogens (tertiary/aromatic N) is 2. The molecule has 28 heavy (non-hydrogen) atoms. The maximum atomic E-state index is 12.6. The first-order valence-corrected chi connectivity index (χ1v) is 9.44. The number of carbonyl (C=O) groups is 2. The van der Waals surface area contributed by atoms with Gasteiger partial charge >= 0.3 is 5.97 Å². The van der Waals surface area contributed by atoms with Crippen LogP contribution in [0.2, 0.25) is 0 Å². The summed E-state index contributed by atoms with van der Waals surface area (Å²) in [5.74, 6) is 0.632. The summed E-state index contributed by atoms with van der Waals surface area (Å²) in [7, 11) is 4.47. The predicted molar refractivity (Wildman–Crippen MR) is 107 cm³/mol. The summed E-state index contributed by atoms with van der Waals surface area (Å²) < 4.78 is 15.8. The van der Waals surface area contributed by atoms with Gasteiger partial charge in [-0.2, -0.15) is 0 Å². The molecule has 8 heteroatoms. The second-order valence-corrected chi connectivity index (χ2v) is 7.32. The van der Waals surface area contributed by atoms with Crippen LogP contribution in [0.5, 0.6) is 11.5 Å². The first-order valence-electron chi connectivity index (χ1n) is 8.62. The number of methoxy groups -OCH3 is 3. The summed E-state index contributed by atoms with van der Waals surface area (Å²) in [4.78, 5) is 31.8. The highest BCUT2D eigenvalue weighted by molar-refractivity contribution is 8.18. The summed E-state index contributed by atoms with van der Waals surface area (Å²) in [6, 6.07) is 4.99. The Bertz CT molecular complexity index is 948. The number of rotatable bonds is 5. The Morgan fingerprint density at radius 3 is 2.36 bits per heavy atom. The SMILES string of the molecule is COC(=O)C1=C(C)N=C2SC(C(C)=O)=C(C)N2[C@@H]1c1ccc(OC)c(OC)c1. The number of benzene rings is 1. The molecule has 1 aromatic rings. The number of aliphatic imine (C=N–C) groups is 1. The summed E-state index contributed by atoms with van der Waals surface area (Å²) in [6.07, 6.45) is 0. The molecule has 0 aromatic heterocycles. The molecule has 1 atom stereocenters. The minimum atomic E-state index is -0.496. The number of fused-ring (bicyclic) bond motifs is 1. The second kappa shape index (κ2) is 7.71. The quantitative estimate of drug-likeness (QED) is 0.698. The van der Waals surface area contributed by atoms with Crippen LogP contribution in [0.1, 0.15) is 32.4 Å². The molecule has 3 rings (SSSR count). The third-order valence-corrected chi connectivity index (χ3v) is 5.98. The molecule has 0 aliphatic carbocycles. The van der Waals surface area contributed by atoms with Crippen molar-refractivity contribution in [2.75, 3.05) is 21.3 Å². The number of esters is 1. The number of hydrogen-bond donors (Lipinski definition) is 0. The van der Waals surface area contributed by atoms with Gasteiger partial charge in [-0.1, -0.05) is 6.07 Å². The van der Waals surface area contributed by atoms with E-state index in [-0.39, 0.29) is 5.78 Å². The van der Waals surface area contributed by atoms with Crippen molar-refractivity contribution >= 4 is 28.7 Å². The van der Waals surface area contributed by atoms with Crippen molar-refractivity contribution in [2.24, 2.45) is 4.99 Å². The number of amidine groups is 1. The molecule has 2 heterocycles. The highest BCUT2D eigenvalue weighted by atomic mass is 32.2. The molecule has 0 fully saturated rings. The molecule has 0 saturated carbocycles. The van der Waals surface area contributed by atoms with Crippen LogP contribution in [-0.4, -0.2) is 43.1 Å². The van der Waals surface area contributed by atoms with Gasteiger partial charge < -0.3 is 19.1 Å². The van der Waals surface area contributed by atoms with Crippen LogP contribution < -0.4 is 9.47 Å². The third kappa shape index (κ3) is 3.17. The van der Waals surface area contributed by atoms with E-state index in [4.69, 9.17) is 14.2 Å². The van der Waals surface area contributed by atoms with Crippen LogP contribution in [0.25, 0.3) is 0 Å². The van der Waals surface area contributed by atoms with E-state index in [9.17, 15) is 9.59 Å². The molecule has 2 aliphatic heterocycles. The first kappa shape index (κ1) is 20.0. The monoisotopic (exact) mass is 402 g/mol. The topological polar surface area (TPSA) is 77.4 Å². The average Bonchev–Trinajstić information content (AvgIpc) is 3.02. The molecule has 0 radical (unpaired) electrons. The maximum Gasteiger partial charge on any atom is 0.338 e.